The van der Waals surface area contributed by atoms with E-state index in [-0.39, 0.29) is 17.9 Å². The molecule has 1 aliphatic heterocycles. The number of anilines is 1. The van der Waals surface area contributed by atoms with Crippen molar-refractivity contribution in [2.45, 2.75) is 32.1 Å². The van der Waals surface area contributed by atoms with Crippen LogP contribution in [0, 0.1) is 5.92 Å². The fourth-order valence-electron chi connectivity index (χ4n) is 5.18. The molecule has 2 aromatic carbocycles. The van der Waals surface area contributed by atoms with E-state index in [1.165, 1.54) is 6.42 Å². The molecule has 0 aromatic heterocycles. The highest BCUT2D eigenvalue weighted by atomic mass is 35.5. The van der Waals surface area contributed by atoms with Crippen LogP contribution in [0.3, 0.4) is 0 Å². The fraction of sp³-hybridized carbons (Fsp3) is 0.467. The maximum absolute atomic E-state index is 13.5. The highest BCUT2D eigenvalue weighted by molar-refractivity contribution is 6.30. The van der Waals surface area contributed by atoms with E-state index in [0.717, 1.165) is 62.3 Å². The molecule has 8 heteroatoms. The number of methoxy groups -OCH3 is 1. The predicted molar refractivity (Wildman–Crippen MR) is 154 cm³/mol. The Bertz CT molecular complexity index is 1080. The van der Waals surface area contributed by atoms with Gasteiger partial charge in [0.1, 0.15) is 5.75 Å². The summed E-state index contributed by atoms with van der Waals surface area (Å²) < 4.78 is 5.46. The van der Waals surface area contributed by atoms with E-state index in [0.29, 0.717) is 31.2 Å². The highest BCUT2D eigenvalue weighted by Gasteiger charge is 2.27. The first kappa shape index (κ1) is 28.0. The molecule has 2 fully saturated rings. The molecule has 0 radical (unpaired) electrons. The zero-order valence-corrected chi connectivity index (χ0v) is 23.0. The van der Waals surface area contributed by atoms with Crippen molar-refractivity contribution in [3.8, 4) is 5.75 Å². The van der Waals surface area contributed by atoms with Gasteiger partial charge in [0.2, 0.25) is 5.91 Å². The Kier molecular flexibility index (Phi) is 10.5. The normalized spacial score (nSPS) is 16.9. The van der Waals surface area contributed by atoms with Crippen LogP contribution in [0.1, 0.15) is 37.7 Å². The summed E-state index contributed by atoms with van der Waals surface area (Å²) in [6.45, 7) is 4.95. The van der Waals surface area contributed by atoms with Crippen molar-refractivity contribution in [3.05, 3.63) is 65.2 Å². The van der Waals surface area contributed by atoms with Crippen LogP contribution >= 0.6 is 11.6 Å². The molecule has 1 aliphatic carbocycles. The lowest BCUT2D eigenvalue weighted by atomic mass is 9.88. The number of halogens is 1. The van der Waals surface area contributed by atoms with Gasteiger partial charge in [-0.2, -0.15) is 0 Å². The van der Waals surface area contributed by atoms with Gasteiger partial charge in [-0.3, -0.25) is 9.69 Å². The highest BCUT2D eigenvalue weighted by Crippen LogP contribution is 2.26. The van der Waals surface area contributed by atoms with Crippen molar-refractivity contribution in [2.75, 3.05) is 58.2 Å². The number of hydrogen-bond donors (Lipinski definition) is 1. The fourth-order valence-corrected chi connectivity index (χ4v) is 5.31. The maximum Gasteiger partial charge on any atom is 0.321 e. The van der Waals surface area contributed by atoms with E-state index in [4.69, 9.17) is 16.3 Å². The van der Waals surface area contributed by atoms with Crippen LogP contribution in [-0.4, -0.2) is 79.6 Å². The molecule has 1 heterocycles. The topological polar surface area (TPSA) is 65.1 Å². The summed E-state index contributed by atoms with van der Waals surface area (Å²) >= 11 is 5.93. The van der Waals surface area contributed by atoms with Gasteiger partial charge >= 0.3 is 6.03 Å². The van der Waals surface area contributed by atoms with Crippen LogP contribution in [0.25, 0.3) is 6.08 Å². The van der Waals surface area contributed by atoms with Gasteiger partial charge in [0, 0.05) is 68.0 Å². The van der Waals surface area contributed by atoms with Crippen LogP contribution in [0.15, 0.2) is 54.6 Å². The third-order valence-electron chi connectivity index (χ3n) is 7.47. The number of urea groups is 1. The number of benzene rings is 2. The Morgan fingerprint density at radius 3 is 2.45 bits per heavy atom. The Labute approximate surface area is 231 Å². The number of amides is 3. The van der Waals surface area contributed by atoms with Gasteiger partial charge in [-0.15, -0.1) is 0 Å². The molecule has 204 valence electrons. The minimum absolute atomic E-state index is 0.0949. The van der Waals surface area contributed by atoms with Gasteiger partial charge in [-0.1, -0.05) is 61.2 Å². The summed E-state index contributed by atoms with van der Waals surface area (Å²) in [7, 11) is 1.67. The van der Waals surface area contributed by atoms with Gasteiger partial charge in [-0.05, 0) is 43.2 Å². The van der Waals surface area contributed by atoms with Gasteiger partial charge < -0.3 is 19.9 Å². The lowest BCUT2D eigenvalue weighted by molar-refractivity contribution is -0.136. The second-order valence-electron chi connectivity index (χ2n) is 10.0. The number of ether oxygens (including phenoxy) is 1. The second kappa shape index (κ2) is 14.2. The number of piperazine rings is 1. The van der Waals surface area contributed by atoms with Gasteiger partial charge in [0.05, 0.1) is 7.11 Å². The van der Waals surface area contributed by atoms with Crippen molar-refractivity contribution < 1.29 is 14.3 Å². The quantitative estimate of drug-likeness (QED) is 0.450. The molecule has 0 unspecified atom stereocenters. The monoisotopic (exact) mass is 538 g/mol. The SMILES string of the molecule is COc1ccccc1/C=C/CN(CCN1CCN(C(=O)Nc2ccc(Cl)cc2)CC1)C(=O)C1CCCCC1. The minimum Gasteiger partial charge on any atom is -0.496 e. The molecule has 2 aromatic rings. The lowest BCUT2D eigenvalue weighted by Crippen LogP contribution is -2.52. The molecule has 1 saturated carbocycles. The van der Waals surface area contributed by atoms with Crippen LogP contribution in [0.4, 0.5) is 10.5 Å². The average Bonchev–Trinajstić information content (AvgIpc) is 2.96. The van der Waals surface area contributed by atoms with E-state index in [1.54, 1.807) is 31.4 Å². The number of nitrogens with zero attached hydrogens (tertiary/aromatic N) is 3. The Hall–Kier alpha value is -3.03. The van der Waals surface area contributed by atoms with Crippen molar-refractivity contribution in [3.63, 3.8) is 0 Å². The third kappa shape index (κ3) is 7.98. The smallest absolute Gasteiger partial charge is 0.321 e. The molecular weight excluding hydrogens is 500 g/mol. The number of rotatable bonds is 9. The summed E-state index contributed by atoms with van der Waals surface area (Å²) in [6, 6.07) is 14.9. The Morgan fingerprint density at radius 1 is 1.03 bits per heavy atom. The second-order valence-corrected chi connectivity index (χ2v) is 10.5. The maximum atomic E-state index is 13.5. The zero-order chi connectivity index (χ0) is 26.7. The summed E-state index contributed by atoms with van der Waals surface area (Å²) in [5, 5.41) is 3.58. The summed E-state index contributed by atoms with van der Waals surface area (Å²) in [5.74, 6) is 1.24. The Balaban J connectivity index is 1.30. The standard InChI is InChI=1S/C30H39ClN4O3/c1-38-28-12-6-5-8-24(28)11-7-17-34(29(36)25-9-3-2-4-10-25)21-18-33-19-22-35(23-20-33)30(37)32-27-15-13-26(31)14-16-27/h5-8,11-16,25H,2-4,9-10,17-23H2,1H3,(H,32,37)/b11-7+. The third-order valence-corrected chi connectivity index (χ3v) is 7.72. The number of hydrogen-bond acceptors (Lipinski definition) is 4. The average molecular weight is 539 g/mol. The lowest BCUT2D eigenvalue weighted by Gasteiger charge is -2.36. The first-order chi connectivity index (χ1) is 18.5. The molecule has 0 bridgehead atoms. The number of nitrogens with one attached hydrogen (secondary N) is 1. The van der Waals surface area contributed by atoms with E-state index in [9.17, 15) is 9.59 Å². The number of carbonyl (C=O) groups is 2. The van der Waals surface area contributed by atoms with Crippen LogP contribution < -0.4 is 10.1 Å². The summed E-state index contributed by atoms with van der Waals surface area (Å²) in [4.78, 5) is 32.3. The number of para-hydroxylation sites is 1. The Morgan fingerprint density at radius 2 is 1.74 bits per heavy atom. The van der Waals surface area contributed by atoms with Crippen molar-refractivity contribution >= 4 is 35.3 Å². The predicted octanol–water partition coefficient (Wildman–Crippen LogP) is 5.62. The molecule has 1 N–H and O–H groups in total. The van der Waals surface area contributed by atoms with Gasteiger partial charge in [-0.25, -0.2) is 4.79 Å². The van der Waals surface area contributed by atoms with Crippen LogP contribution in [-0.2, 0) is 4.79 Å². The van der Waals surface area contributed by atoms with Crippen molar-refractivity contribution in [1.29, 1.82) is 0 Å². The molecule has 0 atom stereocenters. The minimum atomic E-state index is -0.0949. The van der Waals surface area contributed by atoms with E-state index in [2.05, 4.69) is 16.3 Å². The number of carbonyl (C=O) groups excluding carboxylic acids is 2. The zero-order valence-electron chi connectivity index (χ0n) is 22.3. The first-order valence-electron chi connectivity index (χ1n) is 13.7. The molecule has 0 spiro atoms. The summed E-state index contributed by atoms with van der Waals surface area (Å²) in [6.07, 6.45) is 9.60. The molecule has 7 nitrogen and oxygen atoms in total. The largest absolute Gasteiger partial charge is 0.496 e. The van der Waals surface area contributed by atoms with E-state index < -0.39 is 0 Å². The molecule has 1 saturated heterocycles. The van der Waals surface area contributed by atoms with Gasteiger partial charge in [0.25, 0.3) is 0 Å². The molecular formula is C30H39ClN4O3. The molecule has 38 heavy (non-hydrogen) atoms. The first-order valence-corrected chi connectivity index (χ1v) is 14.0. The van der Waals surface area contributed by atoms with Crippen LogP contribution in [0.5, 0.6) is 5.75 Å². The molecule has 2 aliphatic rings. The van der Waals surface area contributed by atoms with Crippen molar-refractivity contribution in [1.82, 2.24) is 14.7 Å². The van der Waals surface area contributed by atoms with Crippen LogP contribution in [0.2, 0.25) is 5.02 Å². The van der Waals surface area contributed by atoms with E-state index >= 15 is 0 Å². The van der Waals surface area contributed by atoms with E-state index in [1.807, 2.05) is 40.1 Å². The van der Waals surface area contributed by atoms with Crippen molar-refractivity contribution in [2.24, 2.45) is 5.92 Å². The molecule has 3 amide bonds. The molecule has 4 rings (SSSR count). The summed E-state index contributed by atoms with van der Waals surface area (Å²) in [5.41, 5.74) is 1.74. The van der Waals surface area contributed by atoms with Gasteiger partial charge in [0.15, 0.2) is 0 Å².